The summed E-state index contributed by atoms with van der Waals surface area (Å²) in [5.41, 5.74) is 3.53. The Morgan fingerprint density at radius 2 is 1.68 bits per heavy atom. The van der Waals surface area contributed by atoms with Gasteiger partial charge in [0.1, 0.15) is 6.04 Å². The molecule has 1 aliphatic rings. The summed E-state index contributed by atoms with van der Waals surface area (Å²) < 4.78 is 26.5. The number of carbonyl (C=O) groups excluding carboxylic acids is 2. The number of sulfonamides is 1. The molecule has 38 heavy (non-hydrogen) atoms. The predicted molar refractivity (Wildman–Crippen MR) is 154 cm³/mol. The number of nitrogens with zero attached hydrogens (tertiary/aromatic N) is 2. The zero-order chi connectivity index (χ0) is 27.9. The molecule has 2 aromatic rings. The van der Waals surface area contributed by atoms with E-state index in [2.05, 4.69) is 5.32 Å². The molecule has 1 aliphatic carbocycles. The van der Waals surface area contributed by atoms with Gasteiger partial charge in [-0.05, 0) is 81.0 Å². The average Bonchev–Trinajstić information content (AvgIpc) is 2.87. The quantitative estimate of drug-likeness (QED) is 0.399. The van der Waals surface area contributed by atoms with Crippen molar-refractivity contribution in [3.63, 3.8) is 0 Å². The number of benzene rings is 2. The van der Waals surface area contributed by atoms with Gasteiger partial charge in [0, 0.05) is 30.6 Å². The minimum Gasteiger partial charge on any atom is -0.352 e. The van der Waals surface area contributed by atoms with Crippen molar-refractivity contribution < 1.29 is 18.0 Å². The van der Waals surface area contributed by atoms with Gasteiger partial charge in [-0.15, -0.1) is 0 Å². The molecule has 0 spiro atoms. The normalized spacial score (nSPS) is 15.1. The Hall–Kier alpha value is -2.58. The van der Waals surface area contributed by atoms with E-state index >= 15 is 0 Å². The number of amides is 2. The zero-order valence-electron chi connectivity index (χ0n) is 22.9. The van der Waals surface area contributed by atoms with Crippen molar-refractivity contribution in [3.05, 3.63) is 64.2 Å². The number of aryl methyl sites for hydroxylation is 2. The van der Waals surface area contributed by atoms with Crippen LogP contribution in [0.4, 0.5) is 5.69 Å². The Balaban J connectivity index is 1.72. The molecule has 0 unspecified atom stereocenters. The first-order valence-corrected chi connectivity index (χ1v) is 15.6. The van der Waals surface area contributed by atoms with Crippen molar-refractivity contribution in [2.24, 2.45) is 0 Å². The van der Waals surface area contributed by atoms with Gasteiger partial charge in [-0.1, -0.05) is 49.1 Å². The molecular weight excluding hydrogens is 522 g/mol. The van der Waals surface area contributed by atoms with Gasteiger partial charge in [0.15, 0.2) is 0 Å². The van der Waals surface area contributed by atoms with Gasteiger partial charge in [0.2, 0.25) is 21.8 Å². The summed E-state index contributed by atoms with van der Waals surface area (Å²) in [4.78, 5) is 28.2. The van der Waals surface area contributed by atoms with Crippen LogP contribution in [-0.4, -0.2) is 50.0 Å². The lowest BCUT2D eigenvalue weighted by Gasteiger charge is -2.31. The van der Waals surface area contributed by atoms with Gasteiger partial charge < -0.3 is 10.2 Å². The van der Waals surface area contributed by atoms with E-state index in [0.717, 1.165) is 42.4 Å². The fraction of sp³-hybridized carbons (Fsp3) is 0.517. The first-order chi connectivity index (χ1) is 18.0. The van der Waals surface area contributed by atoms with Gasteiger partial charge in [-0.3, -0.25) is 13.9 Å². The minimum atomic E-state index is -3.53. The minimum absolute atomic E-state index is 0.117. The third-order valence-corrected chi connectivity index (χ3v) is 8.76. The Labute approximate surface area is 232 Å². The highest BCUT2D eigenvalue weighted by molar-refractivity contribution is 7.92. The van der Waals surface area contributed by atoms with E-state index in [0.29, 0.717) is 17.1 Å². The summed E-state index contributed by atoms with van der Waals surface area (Å²) in [5, 5.41) is 3.73. The van der Waals surface area contributed by atoms with Crippen LogP contribution in [0.5, 0.6) is 0 Å². The van der Waals surface area contributed by atoms with Crippen LogP contribution in [0, 0.1) is 13.8 Å². The molecule has 1 atom stereocenters. The van der Waals surface area contributed by atoms with Crippen LogP contribution in [0.25, 0.3) is 0 Å². The van der Waals surface area contributed by atoms with Crippen molar-refractivity contribution in [2.75, 3.05) is 17.1 Å². The molecule has 1 N–H and O–H groups in total. The van der Waals surface area contributed by atoms with E-state index in [9.17, 15) is 18.0 Å². The van der Waals surface area contributed by atoms with Crippen molar-refractivity contribution >= 4 is 39.1 Å². The Morgan fingerprint density at radius 3 is 2.29 bits per heavy atom. The molecule has 208 valence electrons. The first-order valence-electron chi connectivity index (χ1n) is 13.3. The molecular formula is C29H40ClN3O4S. The van der Waals surface area contributed by atoms with Crippen molar-refractivity contribution in [2.45, 2.75) is 84.3 Å². The predicted octanol–water partition coefficient (Wildman–Crippen LogP) is 5.37. The Morgan fingerprint density at radius 1 is 1.03 bits per heavy atom. The van der Waals surface area contributed by atoms with Gasteiger partial charge in [0.25, 0.3) is 0 Å². The largest absolute Gasteiger partial charge is 0.352 e. The van der Waals surface area contributed by atoms with Crippen LogP contribution in [-0.2, 0) is 26.2 Å². The fourth-order valence-corrected chi connectivity index (χ4v) is 5.91. The second kappa shape index (κ2) is 13.5. The highest BCUT2D eigenvalue weighted by Crippen LogP contribution is 2.23. The number of nitrogens with one attached hydrogen (secondary N) is 1. The van der Waals surface area contributed by atoms with Crippen LogP contribution in [0.3, 0.4) is 0 Å². The third-order valence-electron chi connectivity index (χ3n) is 7.32. The standard InChI is InChI=1S/C29H40ClN3O4S/c1-21-12-17-27(19-22(21)2)33(38(4,36)37)18-8-11-28(34)32(20-24-13-15-25(30)16-14-24)23(3)29(35)31-26-9-6-5-7-10-26/h12-17,19,23,26H,5-11,18,20H2,1-4H3,(H,31,35)/t23-/m1/s1. The summed E-state index contributed by atoms with van der Waals surface area (Å²) in [6, 6.07) is 12.2. The van der Waals surface area contributed by atoms with E-state index < -0.39 is 16.1 Å². The van der Waals surface area contributed by atoms with Gasteiger partial charge in [0.05, 0.1) is 11.9 Å². The number of rotatable bonds is 11. The summed E-state index contributed by atoms with van der Waals surface area (Å²) in [7, 11) is -3.53. The second-order valence-corrected chi connectivity index (χ2v) is 12.7. The van der Waals surface area contributed by atoms with Crippen molar-refractivity contribution in [1.82, 2.24) is 10.2 Å². The van der Waals surface area contributed by atoms with E-state index in [4.69, 9.17) is 11.6 Å². The van der Waals surface area contributed by atoms with E-state index in [-0.39, 0.29) is 37.4 Å². The topological polar surface area (TPSA) is 86.8 Å². The molecule has 0 aromatic heterocycles. The maximum absolute atomic E-state index is 13.5. The van der Waals surface area contributed by atoms with Crippen LogP contribution >= 0.6 is 11.6 Å². The van der Waals surface area contributed by atoms with Crippen LogP contribution in [0.2, 0.25) is 5.02 Å². The number of halogens is 1. The summed E-state index contributed by atoms with van der Waals surface area (Å²) >= 11 is 6.04. The Kier molecular flexibility index (Phi) is 10.6. The summed E-state index contributed by atoms with van der Waals surface area (Å²) in [6.45, 7) is 6.11. The van der Waals surface area contributed by atoms with Gasteiger partial charge in [-0.2, -0.15) is 0 Å². The van der Waals surface area contributed by atoms with Gasteiger partial charge >= 0.3 is 0 Å². The molecule has 0 heterocycles. The molecule has 2 aromatic carbocycles. The molecule has 1 saturated carbocycles. The van der Waals surface area contributed by atoms with Crippen molar-refractivity contribution in [1.29, 1.82) is 0 Å². The van der Waals surface area contributed by atoms with Crippen LogP contribution in [0.15, 0.2) is 42.5 Å². The lowest BCUT2D eigenvalue weighted by atomic mass is 9.95. The molecule has 0 aliphatic heterocycles. The van der Waals surface area contributed by atoms with Crippen LogP contribution in [0.1, 0.15) is 68.6 Å². The highest BCUT2D eigenvalue weighted by atomic mass is 35.5. The molecule has 1 fully saturated rings. The highest BCUT2D eigenvalue weighted by Gasteiger charge is 2.28. The number of carbonyl (C=O) groups is 2. The summed E-state index contributed by atoms with van der Waals surface area (Å²) in [5.74, 6) is -0.355. The average molecular weight is 562 g/mol. The molecule has 0 saturated heterocycles. The molecule has 2 amide bonds. The third kappa shape index (κ3) is 8.46. The first kappa shape index (κ1) is 30.0. The van der Waals surface area contributed by atoms with E-state index in [1.54, 1.807) is 30.0 Å². The molecule has 9 heteroatoms. The van der Waals surface area contributed by atoms with Gasteiger partial charge in [-0.25, -0.2) is 8.42 Å². The second-order valence-electron chi connectivity index (χ2n) is 10.4. The maximum Gasteiger partial charge on any atom is 0.242 e. The number of hydrogen-bond acceptors (Lipinski definition) is 4. The van der Waals surface area contributed by atoms with E-state index in [1.165, 1.54) is 17.0 Å². The van der Waals surface area contributed by atoms with Crippen LogP contribution < -0.4 is 9.62 Å². The smallest absolute Gasteiger partial charge is 0.242 e. The fourth-order valence-electron chi connectivity index (χ4n) is 4.82. The molecule has 7 nitrogen and oxygen atoms in total. The lowest BCUT2D eigenvalue weighted by Crippen LogP contribution is -2.50. The Bertz CT molecular complexity index is 1210. The number of anilines is 1. The maximum atomic E-state index is 13.5. The van der Waals surface area contributed by atoms with Crippen molar-refractivity contribution in [3.8, 4) is 0 Å². The molecule has 3 rings (SSSR count). The lowest BCUT2D eigenvalue weighted by molar-refractivity contribution is -0.141. The monoisotopic (exact) mass is 561 g/mol. The van der Waals surface area contributed by atoms with E-state index in [1.807, 2.05) is 38.1 Å². The SMILES string of the molecule is Cc1ccc(N(CCCC(=O)N(Cc2ccc(Cl)cc2)[C@H](C)C(=O)NC2CCCCC2)S(C)(=O)=O)cc1C. The zero-order valence-corrected chi connectivity index (χ0v) is 24.4. The molecule has 0 radical (unpaired) electrons. The molecule has 0 bridgehead atoms. The number of hydrogen-bond donors (Lipinski definition) is 1. The summed E-state index contributed by atoms with van der Waals surface area (Å²) in [6.07, 6.45) is 6.93.